The lowest BCUT2D eigenvalue weighted by molar-refractivity contribution is -0.149. The summed E-state index contributed by atoms with van der Waals surface area (Å²) in [5, 5.41) is 4.73. The lowest BCUT2D eigenvalue weighted by Crippen LogP contribution is -2.34. The number of benzene rings is 1. The third kappa shape index (κ3) is 5.26. The number of methoxy groups -OCH3 is 1. The second kappa shape index (κ2) is 8.54. The van der Waals surface area contributed by atoms with E-state index in [2.05, 4.69) is 10.6 Å². The number of carbonyl (C=O) groups is 3. The zero-order valence-corrected chi connectivity index (χ0v) is 13.5. The van der Waals surface area contributed by atoms with Crippen molar-refractivity contribution in [3.05, 3.63) is 24.3 Å². The Kier molecular flexibility index (Phi) is 6.42. The van der Waals surface area contributed by atoms with Gasteiger partial charge in [0, 0.05) is 18.6 Å². The molecule has 8 heteroatoms. The highest BCUT2D eigenvalue weighted by molar-refractivity contribution is 8.01. The maximum Gasteiger partial charge on any atom is 0.307 e. The SMILES string of the molecule is COCCNC(=O)COC(=O)C[C@@H]1Sc2ccccc2NC1=O. The Bertz CT molecular complexity index is 593. The van der Waals surface area contributed by atoms with Gasteiger partial charge in [-0.3, -0.25) is 14.4 Å². The molecule has 2 amide bonds. The minimum atomic E-state index is -0.584. The zero-order chi connectivity index (χ0) is 16.7. The molecule has 2 N–H and O–H groups in total. The number of hydrogen-bond donors (Lipinski definition) is 2. The molecule has 0 spiro atoms. The summed E-state index contributed by atoms with van der Waals surface area (Å²) in [6, 6.07) is 7.37. The summed E-state index contributed by atoms with van der Waals surface area (Å²) >= 11 is 1.31. The highest BCUT2D eigenvalue weighted by Gasteiger charge is 2.29. The molecule has 0 aliphatic carbocycles. The minimum absolute atomic E-state index is 0.0871. The minimum Gasteiger partial charge on any atom is -0.456 e. The Morgan fingerprint density at radius 2 is 2.13 bits per heavy atom. The zero-order valence-electron chi connectivity index (χ0n) is 12.7. The quantitative estimate of drug-likeness (QED) is 0.564. The van der Waals surface area contributed by atoms with E-state index in [1.165, 1.54) is 18.9 Å². The average molecular weight is 338 g/mol. The van der Waals surface area contributed by atoms with E-state index in [0.717, 1.165) is 10.6 Å². The molecule has 1 aliphatic rings. The Balaban J connectivity index is 1.77. The highest BCUT2D eigenvalue weighted by atomic mass is 32.2. The molecule has 0 aromatic heterocycles. The van der Waals surface area contributed by atoms with Crippen molar-refractivity contribution in [3.63, 3.8) is 0 Å². The molecule has 1 aromatic rings. The number of nitrogens with one attached hydrogen (secondary N) is 2. The van der Waals surface area contributed by atoms with E-state index in [4.69, 9.17) is 9.47 Å². The number of amides is 2. The van der Waals surface area contributed by atoms with Crippen molar-refractivity contribution in [2.24, 2.45) is 0 Å². The number of esters is 1. The number of hydrogen-bond acceptors (Lipinski definition) is 6. The molecule has 0 saturated heterocycles. The number of anilines is 1. The van der Waals surface area contributed by atoms with E-state index in [1.807, 2.05) is 18.2 Å². The molecule has 0 unspecified atom stereocenters. The second-order valence-corrected chi connectivity index (χ2v) is 6.04. The first kappa shape index (κ1) is 17.3. The highest BCUT2D eigenvalue weighted by Crippen LogP contribution is 2.36. The molecular formula is C15H18N2O5S. The number of thioether (sulfide) groups is 1. The van der Waals surface area contributed by atoms with Crippen LogP contribution in [0.5, 0.6) is 0 Å². The summed E-state index contributed by atoms with van der Waals surface area (Å²) in [6.07, 6.45) is -0.0871. The van der Waals surface area contributed by atoms with Gasteiger partial charge in [0.1, 0.15) is 0 Å². The van der Waals surface area contributed by atoms with Crippen LogP contribution in [0.3, 0.4) is 0 Å². The molecule has 1 heterocycles. The Labute approximate surface area is 138 Å². The van der Waals surface area contributed by atoms with Crippen molar-refractivity contribution >= 4 is 35.2 Å². The number of carbonyl (C=O) groups excluding carboxylic acids is 3. The molecule has 0 bridgehead atoms. The summed E-state index contributed by atoms with van der Waals surface area (Å²) in [5.74, 6) is -1.23. The predicted octanol–water partition coefficient (Wildman–Crippen LogP) is 0.795. The molecule has 0 fully saturated rings. The first-order valence-electron chi connectivity index (χ1n) is 7.08. The van der Waals surface area contributed by atoms with Crippen LogP contribution < -0.4 is 10.6 Å². The molecule has 1 atom stereocenters. The van der Waals surface area contributed by atoms with Gasteiger partial charge in [0.2, 0.25) is 5.91 Å². The largest absolute Gasteiger partial charge is 0.456 e. The second-order valence-electron chi connectivity index (χ2n) is 4.80. The summed E-state index contributed by atoms with van der Waals surface area (Å²) < 4.78 is 9.68. The Hall–Kier alpha value is -2.06. The lowest BCUT2D eigenvalue weighted by Gasteiger charge is -2.23. The number of fused-ring (bicyclic) bond motifs is 1. The molecule has 0 radical (unpaired) electrons. The molecule has 23 heavy (non-hydrogen) atoms. The molecule has 1 aliphatic heterocycles. The van der Waals surface area contributed by atoms with Crippen molar-refractivity contribution in [1.29, 1.82) is 0 Å². The average Bonchev–Trinajstić information content (AvgIpc) is 2.54. The molecule has 0 saturated carbocycles. The van der Waals surface area contributed by atoms with E-state index in [1.54, 1.807) is 6.07 Å². The van der Waals surface area contributed by atoms with Gasteiger partial charge in [0.25, 0.3) is 5.91 Å². The molecule has 1 aromatic carbocycles. The summed E-state index contributed by atoms with van der Waals surface area (Å²) in [6.45, 7) is 0.376. The molecular weight excluding hydrogens is 320 g/mol. The Morgan fingerprint density at radius 1 is 1.35 bits per heavy atom. The first-order chi connectivity index (χ1) is 11.1. The van der Waals surface area contributed by atoms with Crippen LogP contribution in [0.1, 0.15) is 6.42 Å². The lowest BCUT2D eigenvalue weighted by atomic mass is 10.2. The van der Waals surface area contributed by atoms with Gasteiger partial charge in [-0.25, -0.2) is 0 Å². The third-order valence-electron chi connectivity index (χ3n) is 3.05. The monoisotopic (exact) mass is 338 g/mol. The van der Waals surface area contributed by atoms with Crippen molar-refractivity contribution in [2.75, 3.05) is 32.2 Å². The fourth-order valence-corrected chi connectivity index (χ4v) is 3.02. The summed E-state index contributed by atoms with van der Waals surface area (Å²) in [5.41, 5.74) is 0.740. The third-order valence-corrected chi connectivity index (χ3v) is 4.33. The summed E-state index contributed by atoms with van der Waals surface area (Å²) in [7, 11) is 1.53. The van der Waals surface area contributed by atoms with Crippen LogP contribution in [0.25, 0.3) is 0 Å². The van der Waals surface area contributed by atoms with Crippen LogP contribution in [0.4, 0.5) is 5.69 Å². The van der Waals surface area contributed by atoms with Crippen molar-refractivity contribution < 1.29 is 23.9 Å². The van der Waals surface area contributed by atoms with Crippen LogP contribution >= 0.6 is 11.8 Å². The Morgan fingerprint density at radius 3 is 2.91 bits per heavy atom. The van der Waals surface area contributed by atoms with Crippen LogP contribution in [-0.4, -0.2) is 49.9 Å². The van der Waals surface area contributed by atoms with Crippen LogP contribution in [0.2, 0.25) is 0 Å². The predicted molar refractivity (Wildman–Crippen MR) is 85.2 cm³/mol. The van der Waals surface area contributed by atoms with E-state index in [-0.39, 0.29) is 18.9 Å². The van der Waals surface area contributed by atoms with Gasteiger partial charge in [-0.2, -0.15) is 0 Å². The maximum absolute atomic E-state index is 12.0. The van der Waals surface area contributed by atoms with Crippen molar-refractivity contribution in [3.8, 4) is 0 Å². The van der Waals surface area contributed by atoms with Crippen LogP contribution in [0.15, 0.2) is 29.2 Å². The van der Waals surface area contributed by atoms with Gasteiger partial charge >= 0.3 is 5.97 Å². The standard InChI is InChI=1S/C15H18N2O5S/c1-21-7-6-16-13(18)9-22-14(19)8-12-15(20)17-10-4-2-3-5-11(10)23-12/h2-5,12H,6-9H2,1H3,(H,16,18)(H,17,20)/t12-/m0/s1. The number of ether oxygens (including phenoxy) is 2. The van der Waals surface area contributed by atoms with Gasteiger partial charge in [-0.05, 0) is 12.1 Å². The van der Waals surface area contributed by atoms with Crippen LogP contribution in [-0.2, 0) is 23.9 Å². The van der Waals surface area contributed by atoms with Gasteiger partial charge in [-0.15, -0.1) is 11.8 Å². The van der Waals surface area contributed by atoms with Gasteiger partial charge in [0.15, 0.2) is 6.61 Å². The first-order valence-corrected chi connectivity index (χ1v) is 7.96. The van der Waals surface area contributed by atoms with E-state index >= 15 is 0 Å². The molecule has 124 valence electrons. The topological polar surface area (TPSA) is 93.7 Å². The smallest absolute Gasteiger partial charge is 0.307 e. The molecule has 2 rings (SSSR count). The van der Waals surface area contributed by atoms with Gasteiger partial charge in [-0.1, -0.05) is 12.1 Å². The fourth-order valence-electron chi connectivity index (χ4n) is 1.93. The van der Waals surface area contributed by atoms with E-state index in [9.17, 15) is 14.4 Å². The summed E-state index contributed by atoms with van der Waals surface area (Å²) in [4.78, 5) is 36.1. The maximum atomic E-state index is 12.0. The van der Waals surface area contributed by atoms with Gasteiger partial charge < -0.3 is 20.1 Å². The normalized spacial score (nSPS) is 16.2. The number of rotatable bonds is 7. The van der Waals surface area contributed by atoms with Gasteiger partial charge in [0.05, 0.1) is 24.0 Å². The van der Waals surface area contributed by atoms with Crippen molar-refractivity contribution in [2.45, 2.75) is 16.6 Å². The molecule has 7 nitrogen and oxygen atoms in total. The fraction of sp³-hybridized carbons (Fsp3) is 0.400. The van der Waals surface area contributed by atoms with Crippen molar-refractivity contribution in [1.82, 2.24) is 5.32 Å². The number of para-hydroxylation sites is 1. The van der Waals surface area contributed by atoms with E-state index < -0.39 is 17.1 Å². The van der Waals surface area contributed by atoms with E-state index in [0.29, 0.717) is 13.2 Å². The van der Waals surface area contributed by atoms with Crippen LogP contribution in [0, 0.1) is 0 Å².